The van der Waals surface area contributed by atoms with Gasteiger partial charge in [-0.2, -0.15) is 0 Å². The number of aromatic nitrogens is 1. The molecule has 0 unspecified atom stereocenters. The maximum Gasteiger partial charge on any atom is 0.154 e. The number of furan rings is 1. The molecule has 3 heteroatoms. The summed E-state index contributed by atoms with van der Waals surface area (Å²) in [5, 5.41) is 5.39. The van der Waals surface area contributed by atoms with Crippen LogP contribution in [0.2, 0.25) is 0 Å². The van der Waals surface area contributed by atoms with Gasteiger partial charge >= 0.3 is 0 Å². The molecule has 2 aromatic heterocycles. The normalized spacial score (nSPS) is 12.1. The second-order valence-electron chi connectivity index (χ2n) is 7.57. The molecule has 0 bridgehead atoms. The summed E-state index contributed by atoms with van der Waals surface area (Å²) in [7, 11) is 0. The fourth-order valence-corrected chi connectivity index (χ4v) is 4.55. The molecule has 0 aliphatic rings. The highest BCUT2D eigenvalue weighted by molar-refractivity contribution is 6.29. The average Bonchev–Trinajstić information content (AvgIpc) is 3.04. The summed E-state index contributed by atoms with van der Waals surface area (Å²) in [6.07, 6.45) is 1.79. The third-order valence-electron chi connectivity index (χ3n) is 5.58. The molecule has 4 aromatic carbocycles. The molecule has 0 amide bonds. The molecule has 2 heterocycles. The average molecular weight is 365 g/mol. The van der Waals surface area contributed by atoms with Gasteiger partial charge in [-0.25, -0.2) is 4.39 Å². The van der Waals surface area contributed by atoms with E-state index in [2.05, 4.69) is 32.0 Å². The largest absolute Gasteiger partial charge is 0.454 e. The first-order valence-electron chi connectivity index (χ1n) is 9.33. The molecule has 6 rings (SSSR count). The molecule has 28 heavy (non-hydrogen) atoms. The topological polar surface area (TPSA) is 26.0 Å². The van der Waals surface area contributed by atoms with Crippen LogP contribution in [-0.4, -0.2) is 4.98 Å². The van der Waals surface area contributed by atoms with Gasteiger partial charge in [-0.05, 0) is 48.9 Å². The van der Waals surface area contributed by atoms with Gasteiger partial charge in [-0.1, -0.05) is 41.5 Å². The van der Waals surface area contributed by atoms with Crippen molar-refractivity contribution in [3.8, 4) is 11.3 Å². The van der Waals surface area contributed by atoms with Crippen LogP contribution >= 0.6 is 0 Å². The first-order chi connectivity index (χ1) is 13.6. The second-order valence-corrected chi connectivity index (χ2v) is 7.57. The van der Waals surface area contributed by atoms with Crippen LogP contribution in [0.5, 0.6) is 0 Å². The van der Waals surface area contributed by atoms with Crippen molar-refractivity contribution in [3.63, 3.8) is 0 Å². The van der Waals surface area contributed by atoms with Gasteiger partial charge in [0.1, 0.15) is 11.4 Å². The molecule has 0 atom stereocenters. The van der Waals surface area contributed by atoms with Gasteiger partial charge in [0.25, 0.3) is 0 Å². The van der Waals surface area contributed by atoms with Crippen LogP contribution in [-0.2, 0) is 0 Å². The standard InChI is InChI=1S/C25H16FNO/c1-13-8-14(2)10-16(9-13)25-18-7-6-17-22-15(4-3-5-19(22)26)11-20-23(17)24(18)21(28-20)12-27-25/h3-12H,1-2H3. The number of fused-ring (bicyclic) bond motifs is 2. The Morgan fingerprint density at radius 1 is 0.786 bits per heavy atom. The van der Waals surface area contributed by atoms with E-state index in [9.17, 15) is 4.39 Å². The Morgan fingerprint density at radius 3 is 2.36 bits per heavy atom. The first kappa shape index (κ1) is 15.6. The van der Waals surface area contributed by atoms with Crippen molar-refractivity contribution in [3.05, 3.63) is 77.7 Å². The molecule has 0 aliphatic carbocycles. The number of aryl methyl sites for hydroxylation is 2. The van der Waals surface area contributed by atoms with E-state index in [1.165, 1.54) is 17.2 Å². The van der Waals surface area contributed by atoms with Crippen molar-refractivity contribution >= 4 is 43.5 Å². The Bertz CT molecular complexity index is 1520. The molecule has 2 nitrogen and oxygen atoms in total. The van der Waals surface area contributed by atoms with Crippen molar-refractivity contribution in [1.82, 2.24) is 4.98 Å². The predicted octanol–water partition coefficient (Wildman–Crippen LogP) is 7.15. The van der Waals surface area contributed by atoms with E-state index < -0.39 is 0 Å². The third-order valence-corrected chi connectivity index (χ3v) is 5.58. The third kappa shape index (κ3) is 1.99. The van der Waals surface area contributed by atoms with E-state index in [1.54, 1.807) is 12.3 Å². The van der Waals surface area contributed by atoms with Gasteiger partial charge < -0.3 is 4.42 Å². The van der Waals surface area contributed by atoms with E-state index in [1.807, 2.05) is 24.3 Å². The first-order valence-corrected chi connectivity index (χ1v) is 9.33. The lowest BCUT2D eigenvalue weighted by molar-refractivity contribution is 0.640. The molecule has 0 saturated carbocycles. The number of benzene rings is 4. The fraction of sp³-hybridized carbons (Fsp3) is 0.0800. The number of nitrogens with zero attached hydrogens (tertiary/aromatic N) is 1. The summed E-state index contributed by atoms with van der Waals surface area (Å²) in [6, 6.07) is 17.6. The molecular weight excluding hydrogens is 349 g/mol. The van der Waals surface area contributed by atoms with Crippen molar-refractivity contribution in [2.75, 3.05) is 0 Å². The predicted molar refractivity (Wildman–Crippen MR) is 113 cm³/mol. The Balaban J connectivity index is 1.80. The second kappa shape index (κ2) is 5.29. The van der Waals surface area contributed by atoms with Gasteiger partial charge in [0, 0.05) is 27.1 Å². The minimum Gasteiger partial charge on any atom is -0.454 e. The summed E-state index contributed by atoms with van der Waals surface area (Å²) in [4.78, 5) is 4.72. The Kier molecular flexibility index (Phi) is 2.95. The van der Waals surface area contributed by atoms with Crippen LogP contribution < -0.4 is 0 Å². The lowest BCUT2D eigenvalue weighted by Crippen LogP contribution is -1.89. The van der Waals surface area contributed by atoms with Crippen LogP contribution in [0.25, 0.3) is 54.7 Å². The minimum atomic E-state index is -0.208. The quantitative estimate of drug-likeness (QED) is 0.289. The molecule has 0 N–H and O–H groups in total. The molecule has 0 saturated heterocycles. The number of hydrogen-bond donors (Lipinski definition) is 0. The number of pyridine rings is 1. The Morgan fingerprint density at radius 2 is 1.54 bits per heavy atom. The molecule has 0 spiro atoms. The zero-order valence-corrected chi connectivity index (χ0v) is 15.5. The highest BCUT2D eigenvalue weighted by atomic mass is 19.1. The van der Waals surface area contributed by atoms with Crippen molar-refractivity contribution in [2.45, 2.75) is 13.8 Å². The molecule has 6 aromatic rings. The van der Waals surface area contributed by atoms with Gasteiger partial charge in [0.2, 0.25) is 0 Å². The zero-order chi connectivity index (χ0) is 19.0. The van der Waals surface area contributed by atoms with E-state index in [0.717, 1.165) is 49.4 Å². The monoisotopic (exact) mass is 365 g/mol. The van der Waals surface area contributed by atoms with E-state index in [0.29, 0.717) is 5.39 Å². The summed E-state index contributed by atoms with van der Waals surface area (Å²) in [5.41, 5.74) is 5.93. The van der Waals surface area contributed by atoms with Gasteiger partial charge in [-0.3, -0.25) is 4.98 Å². The molecule has 0 fully saturated rings. The maximum atomic E-state index is 14.6. The molecular formula is C25H16FNO. The van der Waals surface area contributed by atoms with Crippen LogP contribution in [0, 0.1) is 19.7 Å². The van der Waals surface area contributed by atoms with Gasteiger partial charge in [0.05, 0.1) is 11.9 Å². The maximum absolute atomic E-state index is 14.6. The number of rotatable bonds is 1. The summed E-state index contributed by atoms with van der Waals surface area (Å²) < 4.78 is 20.8. The van der Waals surface area contributed by atoms with Crippen molar-refractivity contribution < 1.29 is 8.81 Å². The fourth-order valence-electron chi connectivity index (χ4n) is 4.55. The van der Waals surface area contributed by atoms with Crippen molar-refractivity contribution in [2.24, 2.45) is 0 Å². The number of halogens is 1. The van der Waals surface area contributed by atoms with E-state index in [-0.39, 0.29) is 5.82 Å². The van der Waals surface area contributed by atoms with Crippen LogP contribution in [0.3, 0.4) is 0 Å². The van der Waals surface area contributed by atoms with Crippen LogP contribution in [0.4, 0.5) is 4.39 Å². The Hall–Kier alpha value is -3.46. The lowest BCUT2D eigenvalue weighted by Gasteiger charge is -2.10. The Labute approximate surface area is 160 Å². The van der Waals surface area contributed by atoms with Crippen LogP contribution in [0.1, 0.15) is 11.1 Å². The van der Waals surface area contributed by atoms with Gasteiger partial charge in [-0.15, -0.1) is 0 Å². The minimum absolute atomic E-state index is 0.208. The highest BCUT2D eigenvalue weighted by Crippen LogP contribution is 2.43. The van der Waals surface area contributed by atoms with Crippen molar-refractivity contribution in [1.29, 1.82) is 0 Å². The molecule has 0 aliphatic heterocycles. The SMILES string of the molecule is Cc1cc(C)cc(-c2ncc3oc4cc5cccc(F)c5c5ccc2c3c45)c1. The highest BCUT2D eigenvalue weighted by Gasteiger charge is 2.19. The number of hydrogen-bond acceptors (Lipinski definition) is 2. The molecule has 0 radical (unpaired) electrons. The van der Waals surface area contributed by atoms with Gasteiger partial charge in [0.15, 0.2) is 5.58 Å². The summed E-state index contributed by atoms with van der Waals surface area (Å²) in [6.45, 7) is 4.19. The zero-order valence-electron chi connectivity index (χ0n) is 15.5. The van der Waals surface area contributed by atoms with E-state index in [4.69, 9.17) is 9.40 Å². The van der Waals surface area contributed by atoms with Crippen LogP contribution in [0.15, 0.2) is 65.2 Å². The van der Waals surface area contributed by atoms with E-state index >= 15 is 0 Å². The molecule has 134 valence electrons. The summed E-state index contributed by atoms with van der Waals surface area (Å²) >= 11 is 0. The smallest absolute Gasteiger partial charge is 0.154 e. The summed E-state index contributed by atoms with van der Waals surface area (Å²) in [5.74, 6) is -0.208. The lowest BCUT2D eigenvalue weighted by atomic mass is 9.94.